The third kappa shape index (κ3) is 2.45. The van der Waals surface area contributed by atoms with E-state index in [1.165, 1.54) is 10.9 Å². The molecule has 1 heterocycles. The lowest BCUT2D eigenvalue weighted by Crippen LogP contribution is -2.01. The molecule has 0 atom stereocenters. The summed E-state index contributed by atoms with van der Waals surface area (Å²) in [4.78, 5) is 0. The molecule has 0 aliphatic carbocycles. The standard InChI is InChI=1S/C14H19NO/c1-10(2)7-11-3-4-12-9-13(5-6-15)16-14(12)8-11/h3-4,8-10H,5-7,15H2,1-2H3. The molecule has 0 aliphatic rings. The Bertz CT molecular complexity index is 471. The highest BCUT2D eigenvalue weighted by molar-refractivity contribution is 5.78. The number of hydrogen-bond donors (Lipinski definition) is 1. The van der Waals surface area contributed by atoms with Crippen molar-refractivity contribution in [2.45, 2.75) is 26.7 Å². The molecule has 0 radical (unpaired) electrons. The van der Waals surface area contributed by atoms with E-state index in [0.717, 1.165) is 24.2 Å². The van der Waals surface area contributed by atoms with Gasteiger partial charge >= 0.3 is 0 Å². The van der Waals surface area contributed by atoms with Crippen LogP contribution in [-0.4, -0.2) is 6.54 Å². The molecule has 0 spiro atoms. The Balaban J connectivity index is 2.30. The topological polar surface area (TPSA) is 39.2 Å². The summed E-state index contributed by atoms with van der Waals surface area (Å²) in [5.41, 5.74) is 7.85. The molecule has 0 aliphatic heterocycles. The number of rotatable bonds is 4. The SMILES string of the molecule is CC(C)Cc1ccc2cc(CCN)oc2c1. The zero-order chi connectivity index (χ0) is 11.5. The summed E-state index contributed by atoms with van der Waals surface area (Å²) in [6.45, 7) is 5.09. The van der Waals surface area contributed by atoms with Crippen LogP contribution in [0.4, 0.5) is 0 Å². The van der Waals surface area contributed by atoms with Crippen molar-refractivity contribution in [3.8, 4) is 0 Å². The predicted molar refractivity (Wildman–Crippen MR) is 67.5 cm³/mol. The molecule has 2 aromatic rings. The molecule has 0 bridgehead atoms. The van der Waals surface area contributed by atoms with Crippen LogP contribution < -0.4 is 5.73 Å². The van der Waals surface area contributed by atoms with Gasteiger partial charge in [0.15, 0.2) is 0 Å². The minimum Gasteiger partial charge on any atom is -0.461 e. The highest BCUT2D eigenvalue weighted by Crippen LogP contribution is 2.22. The quantitative estimate of drug-likeness (QED) is 0.854. The fraction of sp³-hybridized carbons (Fsp3) is 0.429. The Hall–Kier alpha value is -1.28. The van der Waals surface area contributed by atoms with Crippen LogP contribution in [-0.2, 0) is 12.8 Å². The van der Waals surface area contributed by atoms with Gasteiger partial charge in [0.1, 0.15) is 11.3 Å². The van der Waals surface area contributed by atoms with Crippen molar-refractivity contribution in [2.24, 2.45) is 11.7 Å². The normalized spacial score (nSPS) is 11.5. The van der Waals surface area contributed by atoms with Crippen molar-refractivity contribution in [2.75, 3.05) is 6.54 Å². The van der Waals surface area contributed by atoms with Crippen molar-refractivity contribution in [1.29, 1.82) is 0 Å². The third-order valence-electron chi connectivity index (χ3n) is 2.67. The summed E-state index contributed by atoms with van der Waals surface area (Å²) in [5, 5.41) is 1.18. The fourth-order valence-electron chi connectivity index (χ4n) is 1.99. The second kappa shape index (κ2) is 4.71. The molecule has 1 aromatic heterocycles. The van der Waals surface area contributed by atoms with Gasteiger partial charge in [0.25, 0.3) is 0 Å². The van der Waals surface area contributed by atoms with Gasteiger partial charge in [-0.05, 0) is 36.6 Å². The molecule has 2 heteroatoms. The van der Waals surface area contributed by atoms with Gasteiger partial charge in [-0.15, -0.1) is 0 Å². The largest absolute Gasteiger partial charge is 0.461 e. The van der Waals surface area contributed by atoms with Crippen LogP contribution in [0.2, 0.25) is 0 Å². The molecule has 0 amide bonds. The second-order valence-electron chi connectivity index (χ2n) is 4.72. The maximum Gasteiger partial charge on any atom is 0.134 e. The van der Waals surface area contributed by atoms with Crippen LogP contribution in [0.1, 0.15) is 25.2 Å². The van der Waals surface area contributed by atoms with Gasteiger partial charge < -0.3 is 10.2 Å². The molecule has 0 saturated heterocycles. The smallest absolute Gasteiger partial charge is 0.134 e. The van der Waals surface area contributed by atoms with E-state index >= 15 is 0 Å². The van der Waals surface area contributed by atoms with Crippen molar-refractivity contribution in [1.82, 2.24) is 0 Å². The van der Waals surface area contributed by atoms with Crippen molar-refractivity contribution < 1.29 is 4.42 Å². The minimum absolute atomic E-state index is 0.638. The second-order valence-corrected chi connectivity index (χ2v) is 4.72. The summed E-state index contributed by atoms with van der Waals surface area (Å²) in [6, 6.07) is 8.55. The molecule has 0 fully saturated rings. The zero-order valence-corrected chi connectivity index (χ0v) is 9.99. The summed E-state index contributed by atoms with van der Waals surface area (Å²) >= 11 is 0. The van der Waals surface area contributed by atoms with E-state index < -0.39 is 0 Å². The monoisotopic (exact) mass is 217 g/mol. The minimum atomic E-state index is 0.638. The summed E-state index contributed by atoms with van der Waals surface area (Å²) in [5.74, 6) is 1.66. The van der Waals surface area contributed by atoms with E-state index in [4.69, 9.17) is 10.2 Å². The molecule has 86 valence electrons. The van der Waals surface area contributed by atoms with Gasteiger partial charge in [0, 0.05) is 11.8 Å². The average Bonchev–Trinajstić information content (AvgIpc) is 2.59. The van der Waals surface area contributed by atoms with Crippen molar-refractivity contribution in [3.05, 3.63) is 35.6 Å². The molecule has 0 unspecified atom stereocenters. The molecule has 2 N–H and O–H groups in total. The molecule has 16 heavy (non-hydrogen) atoms. The first-order chi connectivity index (χ1) is 7.69. The lowest BCUT2D eigenvalue weighted by Gasteiger charge is -2.03. The van der Waals surface area contributed by atoms with E-state index in [2.05, 4.69) is 38.1 Å². The Morgan fingerprint density at radius 3 is 2.75 bits per heavy atom. The number of nitrogens with two attached hydrogens (primary N) is 1. The van der Waals surface area contributed by atoms with E-state index in [-0.39, 0.29) is 0 Å². The van der Waals surface area contributed by atoms with E-state index in [1.807, 2.05) is 0 Å². The summed E-state index contributed by atoms with van der Waals surface area (Å²) < 4.78 is 5.75. The summed E-state index contributed by atoms with van der Waals surface area (Å²) in [6.07, 6.45) is 1.91. The fourth-order valence-corrected chi connectivity index (χ4v) is 1.99. The average molecular weight is 217 g/mol. The third-order valence-corrected chi connectivity index (χ3v) is 2.67. The first kappa shape index (κ1) is 11.2. The van der Waals surface area contributed by atoms with Crippen LogP contribution >= 0.6 is 0 Å². The maximum absolute atomic E-state index is 5.75. The van der Waals surface area contributed by atoms with Crippen LogP contribution in [0, 0.1) is 5.92 Å². The van der Waals surface area contributed by atoms with Gasteiger partial charge in [0.2, 0.25) is 0 Å². The molecule has 2 nitrogen and oxygen atoms in total. The summed E-state index contributed by atoms with van der Waals surface area (Å²) in [7, 11) is 0. The highest BCUT2D eigenvalue weighted by atomic mass is 16.3. The van der Waals surface area contributed by atoms with Crippen molar-refractivity contribution in [3.63, 3.8) is 0 Å². The Labute approximate surface area is 96.4 Å². The van der Waals surface area contributed by atoms with Crippen LogP contribution in [0.25, 0.3) is 11.0 Å². The molecule has 1 aromatic carbocycles. The lowest BCUT2D eigenvalue weighted by molar-refractivity contribution is 0.549. The maximum atomic E-state index is 5.75. The Morgan fingerprint density at radius 1 is 1.25 bits per heavy atom. The Morgan fingerprint density at radius 2 is 2.06 bits per heavy atom. The van der Waals surface area contributed by atoms with E-state index in [9.17, 15) is 0 Å². The van der Waals surface area contributed by atoms with Gasteiger partial charge in [-0.1, -0.05) is 26.0 Å². The van der Waals surface area contributed by atoms with Crippen molar-refractivity contribution >= 4 is 11.0 Å². The van der Waals surface area contributed by atoms with Crippen LogP contribution in [0.15, 0.2) is 28.7 Å². The number of furan rings is 1. The predicted octanol–water partition coefficient (Wildman–Crippen LogP) is 3.13. The molecule has 0 saturated carbocycles. The molecule has 2 rings (SSSR count). The molecular weight excluding hydrogens is 198 g/mol. The van der Waals surface area contributed by atoms with Gasteiger partial charge in [-0.25, -0.2) is 0 Å². The van der Waals surface area contributed by atoms with E-state index in [0.29, 0.717) is 12.5 Å². The zero-order valence-electron chi connectivity index (χ0n) is 9.99. The highest BCUT2D eigenvalue weighted by Gasteiger charge is 2.05. The van der Waals surface area contributed by atoms with Gasteiger partial charge in [0.05, 0.1) is 0 Å². The lowest BCUT2D eigenvalue weighted by atomic mass is 10.0. The first-order valence-corrected chi connectivity index (χ1v) is 5.90. The number of hydrogen-bond acceptors (Lipinski definition) is 2. The number of benzene rings is 1. The van der Waals surface area contributed by atoms with Gasteiger partial charge in [-0.3, -0.25) is 0 Å². The first-order valence-electron chi connectivity index (χ1n) is 5.90. The van der Waals surface area contributed by atoms with Crippen LogP contribution in [0.3, 0.4) is 0 Å². The Kier molecular flexibility index (Phi) is 3.30. The van der Waals surface area contributed by atoms with Gasteiger partial charge in [-0.2, -0.15) is 0 Å². The van der Waals surface area contributed by atoms with E-state index in [1.54, 1.807) is 0 Å². The molecular formula is C14H19NO. The van der Waals surface area contributed by atoms with Crippen LogP contribution in [0.5, 0.6) is 0 Å². The number of fused-ring (bicyclic) bond motifs is 1.